The van der Waals surface area contributed by atoms with E-state index in [1.807, 2.05) is 54.3 Å². The first-order chi connectivity index (χ1) is 11.6. The van der Waals surface area contributed by atoms with Gasteiger partial charge in [-0.25, -0.2) is 5.43 Å². The van der Waals surface area contributed by atoms with E-state index in [0.29, 0.717) is 0 Å². The topological polar surface area (TPSA) is 77.1 Å². The summed E-state index contributed by atoms with van der Waals surface area (Å²) in [5, 5.41) is 12.9. The van der Waals surface area contributed by atoms with Crippen molar-refractivity contribution in [1.82, 2.24) is 24.8 Å². The van der Waals surface area contributed by atoms with Crippen LogP contribution in [0.2, 0.25) is 0 Å². The Balaban J connectivity index is 1.66. The van der Waals surface area contributed by atoms with Crippen LogP contribution in [-0.4, -0.2) is 31.0 Å². The average molecular weight is 362 g/mol. The van der Waals surface area contributed by atoms with Crippen molar-refractivity contribution in [2.45, 2.75) is 25.0 Å². The van der Waals surface area contributed by atoms with Gasteiger partial charge in [0.2, 0.25) is 4.80 Å². The van der Waals surface area contributed by atoms with Gasteiger partial charge < -0.3 is 9.13 Å². The Labute approximate surface area is 147 Å². The van der Waals surface area contributed by atoms with Gasteiger partial charge in [0.05, 0.1) is 16.0 Å². The maximum Gasteiger partial charge on any atom is 0.250 e. The summed E-state index contributed by atoms with van der Waals surface area (Å²) in [7, 11) is 1.93. The summed E-state index contributed by atoms with van der Waals surface area (Å²) in [5.41, 5.74) is 3.70. The molecule has 0 aliphatic heterocycles. The van der Waals surface area contributed by atoms with Gasteiger partial charge in [0.15, 0.2) is 5.16 Å². The molecular weight excluding hydrogens is 344 g/mol. The summed E-state index contributed by atoms with van der Waals surface area (Å²) >= 11 is 2.88. The summed E-state index contributed by atoms with van der Waals surface area (Å²) < 4.78 is 5.02. The molecule has 1 N–H and O–H groups in total. The molecule has 1 aromatic carbocycles. The summed E-state index contributed by atoms with van der Waals surface area (Å²) in [4.78, 5) is 12.8. The molecule has 0 spiro atoms. The van der Waals surface area contributed by atoms with Gasteiger partial charge in [-0.05, 0) is 26.0 Å². The Morgan fingerprint density at radius 2 is 2.21 bits per heavy atom. The average Bonchev–Trinajstić information content (AvgIpc) is 3.16. The summed E-state index contributed by atoms with van der Waals surface area (Å²) in [6.45, 7) is 4.09. The maximum atomic E-state index is 12.0. The monoisotopic (exact) mass is 362 g/mol. The molecule has 0 bridgehead atoms. The molecule has 9 heteroatoms. The third-order valence-electron chi connectivity index (χ3n) is 3.42. The predicted molar refractivity (Wildman–Crippen MR) is 95.6 cm³/mol. The minimum atomic E-state index is -0.171. The molecule has 7 nitrogen and oxygen atoms in total. The largest absolute Gasteiger partial charge is 0.318 e. The molecule has 2 aromatic heterocycles. The van der Waals surface area contributed by atoms with Gasteiger partial charge >= 0.3 is 0 Å². The second-order valence-corrected chi connectivity index (χ2v) is 7.41. The van der Waals surface area contributed by atoms with E-state index in [2.05, 4.69) is 20.7 Å². The lowest BCUT2D eigenvalue weighted by Gasteiger charge is -2.08. The molecule has 0 atom stereocenters. The van der Waals surface area contributed by atoms with E-state index >= 15 is 0 Å². The van der Waals surface area contributed by atoms with Crippen LogP contribution in [-0.2, 0) is 11.8 Å². The van der Waals surface area contributed by atoms with Crippen molar-refractivity contribution < 1.29 is 4.79 Å². The Morgan fingerprint density at radius 1 is 1.42 bits per heavy atom. The van der Waals surface area contributed by atoms with Gasteiger partial charge in [-0.3, -0.25) is 4.79 Å². The SMILES string of the molecule is CC(C)n1cnnc1SCC(=O)N/N=c1\sc2ccccc2n1C. The number of amides is 1. The number of hydrogen-bond acceptors (Lipinski definition) is 6. The second kappa shape index (κ2) is 7.18. The lowest BCUT2D eigenvalue weighted by molar-refractivity contribution is -0.118. The lowest BCUT2D eigenvalue weighted by atomic mass is 10.3. The standard InChI is InChI=1S/C15H18N6OS2/c1-10(2)21-9-16-18-15(21)23-8-13(22)17-19-14-20(3)11-6-4-5-7-12(11)24-14/h4-7,9-10H,8H2,1-3H3,(H,17,22)/b19-14-. The number of hydrogen-bond donors (Lipinski definition) is 1. The number of carbonyl (C=O) groups excluding carboxylic acids is 1. The highest BCUT2D eigenvalue weighted by Gasteiger charge is 2.10. The summed E-state index contributed by atoms with van der Waals surface area (Å²) in [5.74, 6) is 0.0690. The zero-order chi connectivity index (χ0) is 17.1. The molecule has 0 saturated carbocycles. The number of thiazole rings is 1. The molecule has 0 unspecified atom stereocenters. The van der Waals surface area contributed by atoms with Gasteiger partial charge in [0.25, 0.3) is 5.91 Å². The zero-order valence-corrected chi connectivity index (χ0v) is 15.3. The molecule has 1 amide bonds. The molecule has 0 aliphatic carbocycles. The summed E-state index contributed by atoms with van der Waals surface area (Å²) in [6, 6.07) is 8.30. The fourth-order valence-corrected chi connectivity index (χ4v) is 3.97. The van der Waals surface area contributed by atoms with Crippen LogP contribution in [0.15, 0.2) is 40.9 Å². The molecule has 3 aromatic rings. The number of fused-ring (bicyclic) bond motifs is 1. The van der Waals surface area contributed by atoms with Crippen LogP contribution < -0.4 is 10.2 Å². The summed E-state index contributed by atoms with van der Waals surface area (Å²) in [6.07, 6.45) is 1.67. The van der Waals surface area contributed by atoms with Crippen LogP contribution in [0.5, 0.6) is 0 Å². The van der Waals surface area contributed by atoms with Crippen LogP contribution in [0.25, 0.3) is 10.2 Å². The molecular formula is C15H18N6OS2. The highest BCUT2D eigenvalue weighted by molar-refractivity contribution is 7.99. The number of benzene rings is 1. The molecule has 2 heterocycles. The third kappa shape index (κ3) is 3.51. The van der Waals surface area contributed by atoms with Crippen molar-refractivity contribution in [3.63, 3.8) is 0 Å². The first-order valence-electron chi connectivity index (χ1n) is 7.45. The van der Waals surface area contributed by atoms with E-state index in [4.69, 9.17) is 0 Å². The number of aromatic nitrogens is 4. The van der Waals surface area contributed by atoms with E-state index in [9.17, 15) is 4.79 Å². The lowest BCUT2D eigenvalue weighted by Crippen LogP contribution is -2.24. The van der Waals surface area contributed by atoms with E-state index < -0.39 is 0 Å². The fraction of sp³-hybridized carbons (Fsp3) is 0.333. The highest BCUT2D eigenvalue weighted by atomic mass is 32.2. The van der Waals surface area contributed by atoms with E-state index in [1.165, 1.54) is 23.1 Å². The van der Waals surface area contributed by atoms with Crippen LogP contribution >= 0.6 is 23.1 Å². The fourth-order valence-electron chi connectivity index (χ4n) is 2.15. The van der Waals surface area contributed by atoms with Crippen LogP contribution in [0.4, 0.5) is 0 Å². The second-order valence-electron chi connectivity index (χ2n) is 5.46. The minimum Gasteiger partial charge on any atom is -0.318 e. The van der Waals surface area contributed by atoms with Crippen LogP contribution in [0, 0.1) is 0 Å². The first kappa shape index (κ1) is 16.7. The predicted octanol–water partition coefficient (Wildman–Crippen LogP) is 2.14. The van der Waals surface area contributed by atoms with E-state index in [1.54, 1.807) is 6.33 Å². The van der Waals surface area contributed by atoms with Gasteiger partial charge in [-0.2, -0.15) is 0 Å². The Hall–Kier alpha value is -2.13. The maximum absolute atomic E-state index is 12.0. The number of para-hydroxylation sites is 1. The number of nitrogens with zero attached hydrogens (tertiary/aromatic N) is 5. The molecule has 0 fully saturated rings. The van der Waals surface area contributed by atoms with Crippen molar-refractivity contribution in [3.05, 3.63) is 35.4 Å². The van der Waals surface area contributed by atoms with Crippen LogP contribution in [0.1, 0.15) is 19.9 Å². The Morgan fingerprint density at radius 3 is 2.96 bits per heavy atom. The van der Waals surface area contributed by atoms with Crippen molar-refractivity contribution in [1.29, 1.82) is 0 Å². The van der Waals surface area contributed by atoms with E-state index in [0.717, 1.165) is 20.2 Å². The molecule has 0 radical (unpaired) electrons. The Bertz CT molecular complexity index is 923. The quantitative estimate of drug-likeness (QED) is 0.557. The van der Waals surface area contributed by atoms with Gasteiger partial charge in [0.1, 0.15) is 6.33 Å². The Kier molecular flexibility index (Phi) is 5.00. The smallest absolute Gasteiger partial charge is 0.250 e. The number of rotatable bonds is 5. The zero-order valence-electron chi connectivity index (χ0n) is 13.6. The molecule has 0 aliphatic rings. The van der Waals surface area contributed by atoms with Crippen molar-refractivity contribution in [2.75, 3.05) is 5.75 Å². The van der Waals surface area contributed by atoms with E-state index in [-0.39, 0.29) is 17.7 Å². The molecule has 3 rings (SSSR count). The number of carbonyl (C=O) groups is 1. The normalized spacial score (nSPS) is 12.2. The first-order valence-corrected chi connectivity index (χ1v) is 9.26. The highest BCUT2D eigenvalue weighted by Crippen LogP contribution is 2.18. The molecule has 24 heavy (non-hydrogen) atoms. The van der Waals surface area contributed by atoms with Gasteiger partial charge in [-0.15, -0.1) is 15.3 Å². The van der Waals surface area contributed by atoms with Crippen molar-refractivity contribution >= 4 is 39.2 Å². The number of thioether (sulfide) groups is 1. The number of aryl methyl sites for hydroxylation is 1. The number of nitrogens with one attached hydrogen (secondary N) is 1. The van der Waals surface area contributed by atoms with Gasteiger partial charge in [0, 0.05) is 13.1 Å². The molecule has 126 valence electrons. The third-order valence-corrected chi connectivity index (χ3v) is 5.49. The van der Waals surface area contributed by atoms with Gasteiger partial charge in [-0.1, -0.05) is 35.2 Å². The van der Waals surface area contributed by atoms with Crippen LogP contribution in [0.3, 0.4) is 0 Å². The van der Waals surface area contributed by atoms with Crippen molar-refractivity contribution in [2.24, 2.45) is 12.1 Å². The minimum absolute atomic E-state index is 0.171. The van der Waals surface area contributed by atoms with Crippen molar-refractivity contribution in [3.8, 4) is 0 Å². The molecule has 0 saturated heterocycles.